The molecule has 1 aliphatic heterocycles. The van der Waals surface area contributed by atoms with Crippen molar-refractivity contribution in [2.24, 2.45) is 5.92 Å². The summed E-state index contributed by atoms with van der Waals surface area (Å²) < 4.78 is 0. The average Bonchev–Trinajstić information content (AvgIpc) is 2.42. The van der Waals surface area contributed by atoms with Crippen LogP contribution in [0, 0.1) is 5.92 Å². The Labute approximate surface area is 101 Å². The van der Waals surface area contributed by atoms with Gasteiger partial charge in [0.1, 0.15) is 0 Å². The number of aliphatic hydroxyl groups is 1. The molecular weight excluding hydrogens is 198 g/mol. The molecule has 96 valence electrons. The van der Waals surface area contributed by atoms with Crippen molar-refractivity contribution < 1.29 is 5.11 Å². The summed E-state index contributed by atoms with van der Waals surface area (Å²) in [5.74, 6) is 0.449. The SMILES string of the molecule is CCCC(C)C1(O)CCCN(C(C)C)CC1. The quantitative estimate of drug-likeness (QED) is 0.798. The Balaban J connectivity index is 2.56. The molecule has 2 unspecified atom stereocenters. The minimum Gasteiger partial charge on any atom is -0.390 e. The summed E-state index contributed by atoms with van der Waals surface area (Å²) >= 11 is 0. The van der Waals surface area contributed by atoms with Gasteiger partial charge in [-0.15, -0.1) is 0 Å². The predicted molar refractivity (Wildman–Crippen MR) is 69.6 cm³/mol. The minimum atomic E-state index is -0.403. The van der Waals surface area contributed by atoms with Crippen LogP contribution in [0.2, 0.25) is 0 Å². The van der Waals surface area contributed by atoms with Crippen molar-refractivity contribution in [3.05, 3.63) is 0 Å². The van der Waals surface area contributed by atoms with Crippen molar-refractivity contribution >= 4 is 0 Å². The Hall–Kier alpha value is -0.0800. The lowest BCUT2D eigenvalue weighted by atomic mass is 9.80. The molecule has 0 saturated carbocycles. The molecule has 1 N–H and O–H groups in total. The van der Waals surface area contributed by atoms with E-state index in [1.165, 1.54) is 6.42 Å². The van der Waals surface area contributed by atoms with Crippen LogP contribution in [0.5, 0.6) is 0 Å². The molecule has 0 spiro atoms. The molecule has 2 nitrogen and oxygen atoms in total. The van der Waals surface area contributed by atoms with E-state index in [1.807, 2.05) is 0 Å². The van der Waals surface area contributed by atoms with Gasteiger partial charge in [-0.3, -0.25) is 0 Å². The fraction of sp³-hybridized carbons (Fsp3) is 1.00. The van der Waals surface area contributed by atoms with Crippen LogP contribution in [0.3, 0.4) is 0 Å². The molecule has 0 amide bonds. The summed E-state index contributed by atoms with van der Waals surface area (Å²) in [7, 11) is 0. The first-order chi connectivity index (χ1) is 7.49. The van der Waals surface area contributed by atoms with Gasteiger partial charge in [-0.25, -0.2) is 0 Å². The van der Waals surface area contributed by atoms with Gasteiger partial charge in [-0.2, -0.15) is 0 Å². The Morgan fingerprint density at radius 3 is 2.44 bits per heavy atom. The van der Waals surface area contributed by atoms with E-state index in [1.54, 1.807) is 0 Å². The molecule has 1 fully saturated rings. The lowest BCUT2D eigenvalue weighted by Gasteiger charge is -2.33. The second-order valence-electron chi connectivity index (χ2n) is 5.78. The van der Waals surface area contributed by atoms with Crippen LogP contribution in [0.25, 0.3) is 0 Å². The monoisotopic (exact) mass is 227 g/mol. The second-order valence-corrected chi connectivity index (χ2v) is 5.78. The van der Waals surface area contributed by atoms with Gasteiger partial charge in [0.2, 0.25) is 0 Å². The topological polar surface area (TPSA) is 23.5 Å². The third-order valence-corrected chi connectivity index (χ3v) is 4.26. The van der Waals surface area contributed by atoms with Crippen molar-refractivity contribution in [3.63, 3.8) is 0 Å². The van der Waals surface area contributed by atoms with Crippen LogP contribution in [0.4, 0.5) is 0 Å². The highest BCUT2D eigenvalue weighted by Gasteiger charge is 2.35. The Morgan fingerprint density at radius 1 is 1.19 bits per heavy atom. The first kappa shape index (κ1) is 14.0. The second kappa shape index (κ2) is 6.02. The molecule has 1 rings (SSSR count). The van der Waals surface area contributed by atoms with Crippen molar-refractivity contribution in [2.45, 2.75) is 71.4 Å². The van der Waals surface area contributed by atoms with Crippen LogP contribution >= 0.6 is 0 Å². The summed E-state index contributed by atoms with van der Waals surface area (Å²) in [6, 6.07) is 0.615. The van der Waals surface area contributed by atoms with E-state index >= 15 is 0 Å². The standard InChI is InChI=1S/C14H29NO/c1-5-7-13(4)14(16)8-6-10-15(11-9-14)12(2)3/h12-13,16H,5-11H2,1-4H3. The molecule has 2 heteroatoms. The zero-order valence-electron chi connectivity index (χ0n) is 11.5. The molecule has 2 atom stereocenters. The van der Waals surface area contributed by atoms with E-state index in [0.29, 0.717) is 12.0 Å². The van der Waals surface area contributed by atoms with Gasteiger partial charge in [0.25, 0.3) is 0 Å². The smallest absolute Gasteiger partial charge is 0.0685 e. The summed E-state index contributed by atoms with van der Waals surface area (Å²) in [6.45, 7) is 11.1. The maximum Gasteiger partial charge on any atom is 0.0685 e. The molecule has 0 aromatic rings. The average molecular weight is 227 g/mol. The van der Waals surface area contributed by atoms with Crippen molar-refractivity contribution in [1.82, 2.24) is 4.90 Å². The van der Waals surface area contributed by atoms with Crippen molar-refractivity contribution in [3.8, 4) is 0 Å². The molecule has 0 aliphatic carbocycles. The van der Waals surface area contributed by atoms with E-state index < -0.39 is 5.60 Å². The van der Waals surface area contributed by atoms with E-state index in [0.717, 1.165) is 38.8 Å². The van der Waals surface area contributed by atoms with Crippen molar-refractivity contribution in [2.75, 3.05) is 13.1 Å². The zero-order chi connectivity index (χ0) is 12.2. The van der Waals surface area contributed by atoms with Crippen LogP contribution in [0.1, 0.15) is 59.8 Å². The largest absolute Gasteiger partial charge is 0.390 e. The fourth-order valence-corrected chi connectivity index (χ4v) is 2.87. The van der Waals surface area contributed by atoms with Gasteiger partial charge < -0.3 is 10.0 Å². The van der Waals surface area contributed by atoms with E-state index in [-0.39, 0.29) is 0 Å². The number of likely N-dealkylation sites (tertiary alicyclic amines) is 1. The molecule has 1 aliphatic rings. The van der Waals surface area contributed by atoms with E-state index in [2.05, 4.69) is 32.6 Å². The van der Waals surface area contributed by atoms with Gasteiger partial charge >= 0.3 is 0 Å². The highest BCUT2D eigenvalue weighted by Crippen LogP contribution is 2.32. The number of hydrogen-bond donors (Lipinski definition) is 1. The number of nitrogens with zero attached hydrogens (tertiary/aromatic N) is 1. The molecule has 0 aromatic heterocycles. The predicted octanol–water partition coefficient (Wildman–Crippen LogP) is 3.05. The van der Waals surface area contributed by atoms with Gasteiger partial charge in [0, 0.05) is 12.6 Å². The Kier molecular flexibility index (Phi) is 5.26. The molecule has 0 radical (unpaired) electrons. The van der Waals surface area contributed by atoms with Crippen LogP contribution in [0.15, 0.2) is 0 Å². The van der Waals surface area contributed by atoms with Gasteiger partial charge in [-0.1, -0.05) is 20.3 Å². The van der Waals surface area contributed by atoms with E-state index in [4.69, 9.17) is 0 Å². The Bertz CT molecular complexity index is 205. The summed E-state index contributed by atoms with van der Waals surface area (Å²) in [5, 5.41) is 10.7. The van der Waals surface area contributed by atoms with Gasteiger partial charge in [0.15, 0.2) is 0 Å². The lowest BCUT2D eigenvalue weighted by molar-refractivity contribution is -0.0283. The zero-order valence-corrected chi connectivity index (χ0v) is 11.5. The van der Waals surface area contributed by atoms with E-state index in [9.17, 15) is 5.11 Å². The molecule has 16 heavy (non-hydrogen) atoms. The van der Waals surface area contributed by atoms with Crippen molar-refractivity contribution in [1.29, 1.82) is 0 Å². The molecular formula is C14H29NO. The fourth-order valence-electron chi connectivity index (χ4n) is 2.87. The number of rotatable bonds is 4. The van der Waals surface area contributed by atoms with Crippen LogP contribution in [-0.2, 0) is 0 Å². The summed E-state index contributed by atoms with van der Waals surface area (Å²) in [4.78, 5) is 2.50. The number of hydrogen-bond acceptors (Lipinski definition) is 2. The molecule has 0 bridgehead atoms. The minimum absolute atomic E-state index is 0.403. The molecule has 0 aromatic carbocycles. The highest BCUT2D eigenvalue weighted by molar-refractivity contribution is 4.88. The summed E-state index contributed by atoms with van der Waals surface area (Å²) in [6.07, 6.45) is 5.40. The van der Waals surface area contributed by atoms with Gasteiger partial charge in [0.05, 0.1) is 5.60 Å². The third kappa shape index (κ3) is 3.46. The molecule has 1 saturated heterocycles. The highest BCUT2D eigenvalue weighted by atomic mass is 16.3. The van der Waals surface area contributed by atoms with Crippen LogP contribution < -0.4 is 0 Å². The van der Waals surface area contributed by atoms with Crippen LogP contribution in [-0.4, -0.2) is 34.7 Å². The maximum atomic E-state index is 10.7. The molecule has 1 heterocycles. The lowest BCUT2D eigenvalue weighted by Crippen LogP contribution is -2.38. The Morgan fingerprint density at radius 2 is 1.88 bits per heavy atom. The van der Waals surface area contributed by atoms with Gasteiger partial charge in [-0.05, 0) is 52.0 Å². The first-order valence-corrected chi connectivity index (χ1v) is 6.96. The normalized spacial score (nSPS) is 30.4. The third-order valence-electron chi connectivity index (χ3n) is 4.26. The maximum absolute atomic E-state index is 10.7. The first-order valence-electron chi connectivity index (χ1n) is 6.96. The summed E-state index contributed by atoms with van der Waals surface area (Å²) in [5.41, 5.74) is -0.403.